The fourth-order valence-electron chi connectivity index (χ4n) is 2.27. The number of H-pyrrole nitrogens is 1. The van der Waals surface area contributed by atoms with Crippen molar-refractivity contribution in [2.24, 2.45) is 0 Å². The number of halogens is 1. The van der Waals surface area contributed by atoms with Gasteiger partial charge in [0.15, 0.2) is 17.5 Å². The Labute approximate surface area is 145 Å². The van der Waals surface area contributed by atoms with Crippen LogP contribution in [-0.4, -0.2) is 31.2 Å². The highest BCUT2D eigenvalue weighted by Crippen LogP contribution is 2.40. The van der Waals surface area contributed by atoms with Gasteiger partial charge in [-0.05, 0) is 25.0 Å². The zero-order valence-electron chi connectivity index (χ0n) is 12.3. The fourth-order valence-corrected chi connectivity index (χ4v) is 3.20. The maximum atomic E-state index is 11.0. The third kappa shape index (κ3) is 2.98. The molecular formula is C15H12ClN5O2S. The standard InChI is InChI=1S/C15H12ClN5O2S/c16-8-6-17-14(10-3-4-11(24-10)15(22)23)19-13(8)18-12-5-9(20-21-12)7-1-2-7/h3-7H,1-2H2,(H,22,23)(H2,17,18,19,20,21). The molecule has 3 N–H and O–H groups in total. The lowest BCUT2D eigenvalue weighted by molar-refractivity contribution is 0.0702. The molecule has 3 aromatic rings. The van der Waals surface area contributed by atoms with E-state index in [9.17, 15) is 4.79 Å². The Balaban J connectivity index is 1.61. The van der Waals surface area contributed by atoms with E-state index in [4.69, 9.17) is 16.7 Å². The number of anilines is 2. The van der Waals surface area contributed by atoms with Crippen molar-refractivity contribution >= 4 is 40.5 Å². The van der Waals surface area contributed by atoms with Crippen LogP contribution in [0.15, 0.2) is 24.4 Å². The molecule has 0 aromatic carbocycles. The second-order valence-corrected chi connectivity index (χ2v) is 6.96. The van der Waals surface area contributed by atoms with E-state index < -0.39 is 5.97 Å². The second kappa shape index (κ2) is 5.88. The maximum absolute atomic E-state index is 11.0. The normalized spacial score (nSPS) is 13.9. The van der Waals surface area contributed by atoms with E-state index in [1.165, 1.54) is 25.1 Å². The van der Waals surface area contributed by atoms with Crippen molar-refractivity contribution in [1.29, 1.82) is 0 Å². The number of carbonyl (C=O) groups is 1. The summed E-state index contributed by atoms with van der Waals surface area (Å²) in [6, 6.07) is 5.16. The molecule has 1 aliphatic carbocycles. The number of aromatic nitrogens is 4. The molecule has 0 spiro atoms. The van der Waals surface area contributed by atoms with Crippen LogP contribution < -0.4 is 5.32 Å². The summed E-state index contributed by atoms with van der Waals surface area (Å²) in [7, 11) is 0. The number of nitrogens with one attached hydrogen (secondary N) is 2. The SMILES string of the molecule is O=C(O)c1ccc(-c2ncc(Cl)c(Nc3cc(C4CC4)[nH]n3)n2)s1. The molecule has 1 saturated carbocycles. The Morgan fingerprint density at radius 3 is 2.96 bits per heavy atom. The Bertz CT molecular complexity index is 918. The van der Waals surface area contributed by atoms with E-state index in [2.05, 4.69) is 25.5 Å². The highest BCUT2D eigenvalue weighted by molar-refractivity contribution is 7.17. The zero-order chi connectivity index (χ0) is 16.7. The van der Waals surface area contributed by atoms with Crippen LogP contribution >= 0.6 is 22.9 Å². The summed E-state index contributed by atoms with van der Waals surface area (Å²) in [6.45, 7) is 0. The molecule has 1 fully saturated rings. The number of nitrogens with zero attached hydrogens (tertiary/aromatic N) is 3. The molecule has 0 radical (unpaired) electrons. The molecule has 0 unspecified atom stereocenters. The lowest BCUT2D eigenvalue weighted by Crippen LogP contribution is -1.98. The van der Waals surface area contributed by atoms with Gasteiger partial charge in [-0.25, -0.2) is 14.8 Å². The second-order valence-electron chi connectivity index (χ2n) is 5.47. The molecule has 0 saturated heterocycles. The van der Waals surface area contributed by atoms with Crippen molar-refractivity contribution < 1.29 is 9.90 Å². The maximum Gasteiger partial charge on any atom is 0.345 e. The number of hydrogen-bond donors (Lipinski definition) is 3. The first-order valence-corrected chi connectivity index (χ1v) is 8.48. The van der Waals surface area contributed by atoms with Gasteiger partial charge in [0.1, 0.15) is 9.90 Å². The van der Waals surface area contributed by atoms with Crippen LogP contribution in [0.3, 0.4) is 0 Å². The fraction of sp³-hybridized carbons (Fsp3) is 0.200. The van der Waals surface area contributed by atoms with Gasteiger partial charge in [-0.1, -0.05) is 11.6 Å². The van der Waals surface area contributed by atoms with Gasteiger partial charge in [-0.15, -0.1) is 11.3 Å². The molecule has 1 aliphatic rings. The predicted octanol–water partition coefficient (Wildman–Crippen LogP) is 3.90. The number of hydrogen-bond acceptors (Lipinski definition) is 6. The van der Waals surface area contributed by atoms with Crippen LogP contribution in [0.2, 0.25) is 5.02 Å². The van der Waals surface area contributed by atoms with Gasteiger partial charge in [-0.3, -0.25) is 5.10 Å². The van der Waals surface area contributed by atoms with Crippen LogP contribution in [0.25, 0.3) is 10.7 Å². The third-order valence-electron chi connectivity index (χ3n) is 3.64. The van der Waals surface area contributed by atoms with Gasteiger partial charge in [0.05, 0.1) is 11.1 Å². The van der Waals surface area contributed by atoms with Crippen molar-refractivity contribution in [3.05, 3.63) is 40.0 Å². The van der Waals surface area contributed by atoms with E-state index in [0.717, 1.165) is 17.0 Å². The third-order valence-corrected chi connectivity index (χ3v) is 4.99. The first-order chi connectivity index (χ1) is 11.6. The van der Waals surface area contributed by atoms with E-state index in [1.54, 1.807) is 6.07 Å². The molecule has 4 rings (SSSR count). The van der Waals surface area contributed by atoms with Crippen molar-refractivity contribution in [2.45, 2.75) is 18.8 Å². The summed E-state index contributed by atoms with van der Waals surface area (Å²) in [6.07, 6.45) is 3.86. The monoisotopic (exact) mass is 361 g/mol. The van der Waals surface area contributed by atoms with Gasteiger partial charge in [0, 0.05) is 17.7 Å². The molecule has 0 aliphatic heterocycles. The predicted molar refractivity (Wildman–Crippen MR) is 91.2 cm³/mol. The zero-order valence-corrected chi connectivity index (χ0v) is 13.9. The van der Waals surface area contributed by atoms with Crippen LogP contribution in [0.4, 0.5) is 11.6 Å². The van der Waals surface area contributed by atoms with Crippen LogP contribution in [0.1, 0.15) is 34.1 Å². The first-order valence-electron chi connectivity index (χ1n) is 7.28. The summed E-state index contributed by atoms with van der Waals surface area (Å²) in [5.41, 5.74) is 1.10. The number of aromatic amines is 1. The van der Waals surface area contributed by atoms with Crippen molar-refractivity contribution in [1.82, 2.24) is 20.2 Å². The van der Waals surface area contributed by atoms with Gasteiger partial charge in [0.25, 0.3) is 0 Å². The minimum Gasteiger partial charge on any atom is -0.477 e. The molecule has 3 aromatic heterocycles. The average Bonchev–Trinajstić information content (AvgIpc) is 3.10. The van der Waals surface area contributed by atoms with Crippen molar-refractivity contribution in [3.63, 3.8) is 0 Å². The van der Waals surface area contributed by atoms with E-state index in [1.807, 2.05) is 6.07 Å². The first kappa shape index (κ1) is 15.1. The minimum absolute atomic E-state index is 0.236. The topological polar surface area (TPSA) is 104 Å². The lowest BCUT2D eigenvalue weighted by Gasteiger charge is -2.05. The summed E-state index contributed by atoms with van der Waals surface area (Å²) in [4.78, 5) is 20.5. The Hall–Kier alpha value is -2.45. The molecule has 9 heteroatoms. The molecule has 0 bridgehead atoms. The molecular weight excluding hydrogens is 350 g/mol. The molecule has 24 heavy (non-hydrogen) atoms. The van der Waals surface area contributed by atoms with Crippen molar-refractivity contribution in [3.8, 4) is 10.7 Å². The number of thiophene rings is 1. The van der Waals surface area contributed by atoms with Gasteiger partial charge in [-0.2, -0.15) is 5.10 Å². The Morgan fingerprint density at radius 2 is 2.25 bits per heavy atom. The van der Waals surface area contributed by atoms with Gasteiger partial charge < -0.3 is 10.4 Å². The summed E-state index contributed by atoms with van der Waals surface area (Å²) in [5.74, 6) is 1.09. The molecule has 0 amide bonds. The molecule has 3 heterocycles. The smallest absolute Gasteiger partial charge is 0.345 e. The molecule has 0 atom stereocenters. The van der Waals surface area contributed by atoms with Crippen LogP contribution in [0, 0.1) is 0 Å². The van der Waals surface area contributed by atoms with Crippen LogP contribution in [0.5, 0.6) is 0 Å². The van der Waals surface area contributed by atoms with Crippen molar-refractivity contribution in [2.75, 3.05) is 5.32 Å². The number of aromatic carboxylic acids is 1. The largest absolute Gasteiger partial charge is 0.477 e. The summed E-state index contributed by atoms with van der Waals surface area (Å²) >= 11 is 7.27. The van der Waals surface area contributed by atoms with Gasteiger partial charge >= 0.3 is 5.97 Å². The van der Waals surface area contributed by atoms with Gasteiger partial charge in [0.2, 0.25) is 0 Å². The van der Waals surface area contributed by atoms with E-state index in [0.29, 0.717) is 33.3 Å². The highest BCUT2D eigenvalue weighted by Gasteiger charge is 2.25. The molecule has 7 nitrogen and oxygen atoms in total. The minimum atomic E-state index is -0.970. The number of carboxylic acid groups (broad SMARTS) is 1. The average molecular weight is 362 g/mol. The van der Waals surface area contributed by atoms with E-state index >= 15 is 0 Å². The molecule has 122 valence electrons. The Kier molecular flexibility index (Phi) is 3.70. The summed E-state index contributed by atoms with van der Waals surface area (Å²) in [5, 5.41) is 19.7. The number of rotatable bonds is 5. The van der Waals surface area contributed by atoms with Crippen LogP contribution in [-0.2, 0) is 0 Å². The highest BCUT2D eigenvalue weighted by atomic mass is 35.5. The summed E-state index contributed by atoms with van der Waals surface area (Å²) < 4.78 is 0. The Morgan fingerprint density at radius 1 is 1.42 bits per heavy atom. The van der Waals surface area contributed by atoms with E-state index in [-0.39, 0.29) is 4.88 Å². The number of carboxylic acids is 1. The quantitative estimate of drug-likeness (QED) is 0.636. The lowest BCUT2D eigenvalue weighted by atomic mass is 10.3.